The molecule has 2 unspecified atom stereocenters. The summed E-state index contributed by atoms with van der Waals surface area (Å²) in [6.45, 7) is 14.5. The van der Waals surface area contributed by atoms with E-state index in [-0.39, 0.29) is 23.7 Å². The summed E-state index contributed by atoms with van der Waals surface area (Å²) in [5, 5.41) is 15.4. The van der Waals surface area contributed by atoms with Crippen molar-refractivity contribution >= 4 is 17.8 Å². The van der Waals surface area contributed by atoms with Gasteiger partial charge in [-0.25, -0.2) is 0 Å². The molecule has 0 radical (unpaired) electrons. The summed E-state index contributed by atoms with van der Waals surface area (Å²) in [5.41, 5.74) is -0.891. The van der Waals surface area contributed by atoms with E-state index in [0.717, 1.165) is 25.7 Å². The van der Waals surface area contributed by atoms with Crippen molar-refractivity contribution in [2.24, 2.45) is 10.8 Å². The van der Waals surface area contributed by atoms with E-state index < -0.39 is 29.3 Å². The summed E-state index contributed by atoms with van der Waals surface area (Å²) in [5.74, 6) is -2.10. The summed E-state index contributed by atoms with van der Waals surface area (Å²) < 4.78 is 11.6. The van der Waals surface area contributed by atoms with Crippen LogP contribution in [0.1, 0.15) is 132 Å². The van der Waals surface area contributed by atoms with Crippen LogP contribution in [0.15, 0.2) is 0 Å². The molecular formula is C30H56N2O6. The highest BCUT2D eigenvalue weighted by molar-refractivity contribution is 5.83. The monoisotopic (exact) mass is 540 g/mol. The number of unbranched alkanes of at least 4 members (excludes halogenated alkanes) is 6. The molecule has 38 heavy (non-hydrogen) atoms. The molecule has 0 aromatic carbocycles. The molecule has 3 N–H and O–H groups in total. The Kier molecular flexibility index (Phi) is 14.9. The van der Waals surface area contributed by atoms with Gasteiger partial charge in [0, 0.05) is 23.4 Å². The van der Waals surface area contributed by atoms with Crippen molar-refractivity contribution in [3.63, 3.8) is 0 Å². The average molecular weight is 541 g/mol. The molecule has 8 heteroatoms. The van der Waals surface area contributed by atoms with Crippen molar-refractivity contribution in [2.75, 3.05) is 13.2 Å². The highest BCUT2D eigenvalue weighted by Gasteiger charge is 2.46. The van der Waals surface area contributed by atoms with Gasteiger partial charge in [0.15, 0.2) is 5.79 Å². The molecule has 0 aromatic rings. The summed E-state index contributed by atoms with van der Waals surface area (Å²) in [6.07, 6.45) is 11.2. The first-order valence-electron chi connectivity index (χ1n) is 14.9. The molecule has 0 aliphatic carbocycles. The molecule has 2 amide bonds. The van der Waals surface area contributed by atoms with Crippen molar-refractivity contribution in [3.8, 4) is 0 Å². The fourth-order valence-electron chi connectivity index (χ4n) is 5.23. The number of hydrogen-bond acceptors (Lipinski definition) is 5. The van der Waals surface area contributed by atoms with Gasteiger partial charge in [0.1, 0.15) is 6.10 Å². The van der Waals surface area contributed by atoms with Gasteiger partial charge < -0.3 is 25.2 Å². The van der Waals surface area contributed by atoms with Crippen LogP contribution >= 0.6 is 0 Å². The molecule has 1 rings (SSSR count). The van der Waals surface area contributed by atoms with Crippen LogP contribution in [0.3, 0.4) is 0 Å². The smallest absolute Gasteiger partial charge is 0.305 e. The molecule has 8 nitrogen and oxygen atoms in total. The van der Waals surface area contributed by atoms with Crippen molar-refractivity contribution in [2.45, 2.75) is 150 Å². The van der Waals surface area contributed by atoms with Gasteiger partial charge in [-0.1, -0.05) is 79.6 Å². The summed E-state index contributed by atoms with van der Waals surface area (Å²) in [4.78, 5) is 37.7. The van der Waals surface area contributed by atoms with E-state index in [0.29, 0.717) is 26.0 Å². The van der Waals surface area contributed by atoms with Crippen molar-refractivity contribution in [1.82, 2.24) is 10.6 Å². The maximum Gasteiger partial charge on any atom is 0.305 e. The largest absolute Gasteiger partial charge is 0.481 e. The third-order valence-electron chi connectivity index (χ3n) is 8.02. The Labute approximate surface area is 231 Å². The van der Waals surface area contributed by atoms with Crippen molar-refractivity contribution in [1.29, 1.82) is 0 Å². The summed E-state index contributed by atoms with van der Waals surface area (Å²) in [6, 6.07) is -0.544. The van der Waals surface area contributed by atoms with Gasteiger partial charge in [-0.3, -0.25) is 14.4 Å². The molecule has 1 saturated heterocycles. The third kappa shape index (κ3) is 11.6. The lowest BCUT2D eigenvalue weighted by atomic mass is 9.76. The highest BCUT2D eigenvalue weighted by atomic mass is 16.7. The number of nitrogens with one attached hydrogen (secondary N) is 2. The number of carboxylic acid groups (broad SMARTS) is 1. The molecule has 222 valence electrons. The molecule has 2 atom stereocenters. The number of carboxylic acids is 1. The number of carbonyl (C=O) groups is 3. The molecule has 0 saturated carbocycles. The molecule has 1 fully saturated rings. The number of carbonyl (C=O) groups excluding carboxylic acids is 2. The van der Waals surface area contributed by atoms with Gasteiger partial charge in [0.05, 0.1) is 13.0 Å². The lowest BCUT2D eigenvalue weighted by Crippen LogP contribution is -2.57. The van der Waals surface area contributed by atoms with E-state index in [4.69, 9.17) is 9.47 Å². The van der Waals surface area contributed by atoms with Crippen LogP contribution in [0.25, 0.3) is 0 Å². The van der Waals surface area contributed by atoms with Crippen molar-refractivity contribution in [3.05, 3.63) is 0 Å². The van der Waals surface area contributed by atoms with E-state index in [9.17, 15) is 19.5 Å². The fraction of sp³-hybridized carbons (Fsp3) is 0.900. The summed E-state index contributed by atoms with van der Waals surface area (Å²) >= 11 is 0. The first-order valence-corrected chi connectivity index (χ1v) is 14.9. The van der Waals surface area contributed by atoms with Crippen LogP contribution in [0, 0.1) is 10.8 Å². The second-order valence-electron chi connectivity index (χ2n) is 12.2. The van der Waals surface area contributed by atoms with E-state index in [1.165, 1.54) is 38.5 Å². The van der Waals surface area contributed by atoms with Crippen LogP contribution in [0.5, 0.6) is 0 Å². The Morgan fingerprint density at radius 1 is 0.947 bits per heavy atom. The zero-order chi connectivity index (χ0) is 28.8. The number of aliphatic carboxylic acids is 1. The SMILES string of the molecule is CCCCCCCCCC(CC)(CC)C(=O)NCCCC(CC(=O)O)NC(=O)C1OC(C)(C)OCC1(C)C. The number of ether oxygens (including phenoxy) is 2. The zero-order valence-corrected chi connectivity index (χ0v) is 25.2. The Morgan fingerprint density at radius 3 is 2.13 bits per heavy atom. The molecule has 1 heterocycles. The normalized spacial score (nSPS) is 19.5. The second kappa shape index (κ2) is 16.4. The van der Waals surface area contributed by atoms with Crippen molar-refractivity contribution < 1.29 is 29.0 Å². The number of hydrogen-bond donors (Lipinski definition) is 3. The highest BCUT2D eigenvalue weighted by Crippen LogP contribution is 2.35. The third-order valence-corrected chi connectivity index (χ3v) is 8.02. The molecule has 1 aliphatic heterocycles. The van der Waals surface area contributed by atoms with E-state index in [1.54, 1.807) is 13.8 Å². The predicted octanol–water partition coefficient (Wildman–Crippen LogP) is 5.97. The fourth-order valence-corrected chi connectivity index (χ4v) is 5.23. The lowest BCUT2D eigenvalue weighted by Gasteiger charge is -2.45. The number of amides is 2. The molecule has 1 aliphatic rings. The maximum atomic E-state index is 13.2. The van der Waals surface area contributed by atoms with Crippen LogP contribution in [-0.4, -0.2) is 54.0 Å². The minimum absolute atomic E-state index is 0.0897. The van der Waals surface area contributed by atoms with Crippen LogP contribution < -0.4 is 10.6 Å². The molecule has 0 aromatic heterocycles. The zero-order valence-electron chi connectivity index (χ0n) is 25.2. The van der Waals surface area contributed by atoms with Gasteiger partial charge in [-0.2, -0.15) is 0 Å². The van der Waals surface area contributed by atoms with Gasteiger partial charge in [-0.05, 0) is 46.0 Å². The average Bonchev–Trinajstić information content (AvgIpc) is 2.85. The van der Waals surface area contributed by atoms with Gasteiger partial charge in [0.2, 0.25) is 11.8 Å². The van der Waals surface area contributed by atoms with Gasteiger partial charge in [0.25, 0.3) is 0 Å². The first-order chi connectivity index (χ1) is 17.8. The Balaban J connectivity index is 2.59. The Morgan fingerprint density at radius 2 is 1.55 bits per heavy atom. The molecule has 0 bridgehead atoms. The minimum atomic E-state index is -0.975. The van der Waals surface area contributed by atoms with E-state index >= 15 is 0 Å². The summed E-state index contributed by atoms with van der Waals surface area (Å²) in [7, 11) is 0. The standard InChI is InChI=1S/C30H56N2O6/c1-8-11-12-13-14-15-16-19-30(9-2,10-3)27(36)31-20-17-18-23(21-24(33)34)32-26(35)25-28(4,5)22-37-29(6,7)38-25/h23,25H,8-22H2,1-7H3,(H,31,36)(H,32,35)(H,33,34). The Hall–Kier alpha value is -1.67. The van der Waals surface area contributed by atoms with E-state index in [1.807, 2.05) is 13.8 Å². The molecule has 0 spiro atoms. The minimum Gasteiger partial charge on any atom is -0.481 e. The predicted molar refractivity (Wildman–Crippen MR) is 151 cm³/mol. The van der Waals surface area contributed by atoms with Crippen LogP contribution in [-0.2, 0) is 23.9 Å². The first kappa shape index (κ1) is 34.4. The topological polar surface area (TPSA) is 114 Å². The number of rotatable bonds is 19. The van der Waals surface area contributed by atoms with Gasteiger partial charge in [-0.15, -0.1) is 0 Å². The lowest BCUT2D eigenvalue weighted by molar-refractivity contribution is -0.304. The van der Waals surface area contributed by atoms with Crippen LogP contribution in [0.2, 0.25) is 0 Å². The maximum absolute atomic E-state index is 13.2. The molecular weight excluding hydrogens is 484 g/mol. The van der Waals surface area contributed by atoms with Crippen LogP contribution in [0.4, 0.5) is 0 Å². The Bertz CT molecular complexity index is 732. The van der Waals surface area contributed by atoms with Gasteiger partial charge >= 0.3 is 5.97 Å². The second-order valence-corrected chi connectivity index (χ2v) is 12.2. The van der Waals surface area contributed by atoms with E-state index in [2.05, 4.69) is 31.4 Å². The quantitative estimate of drug-likeness (QED) is 0.174.